The largest absolute Gasteiger partial charge is 0.481 e. The molecule has 2 fully saturated rings. The van der Waals surface area contributed by atoms with Crippen LogP contribution in [-0.2, 0) is 4.79 Å². The lowest BCUT2D eigenvalue weighted by Crippen LogP contribution is -2.48. The summed E-state index contributed by atoms with van der Waals surface area (Å²) in [6.45, 7) is 2.82. The van der Waals surface area contributed by atoms with Crippen molar-refractivity contribution in [3.05, 3.63) is 0 Å². The van der Waals surface area contributed by atoms with E-state index in [2.05, 4.69) is 12.2 Å². The maximum atomic E-state index is 10.9. The van der Waals surface area contributed by atoms with Crippen LogP contribution in [-0.4, -0.2) is 34.4 Å². The van der Waals surface area contributed by atoms with E-state index in [0.29, 0.717) is 38.3 Å². The molecule has 110 valence electrons. The van der Waals surface area contributed by atoms with Gasteiger partial charge in [-0.25, -0.2) is 0 Å². The van der Waals surface area contributed by atoms with Gasteiger partial charge in [0.15, 0.2) is 0 Å². The van der Waals surface area contributed by atoms with Gasteiger partial charge in [0.25, 0.3) is 0 Å². The summed E-state index contributed by atoms with van der Waals surface area (Å²) in [5.41, 5.74) is -0.696. The van der Waals surface area contributed by atoms with Gasteiger partial charge in [0.05, 0.1) is 11.5 Å². The molecule has 0 aromatic heterocycles. The summed E-state index contributed by atoms with van der Waals surface area (Å²) >= 11 is 0. The monoisotopic (exact) mass is 269 g/mol. The van der Waals surface area contributed by atoms with E-state index in [1.165, 1.54) is 25.7 Å². The summed E-state index contributed by atoms with van der Waals surface area (Å²) in [7, 11) is 0. The fourth-order valence-electron chi connectivity index (χ4n) is 3.55. The van der Waals surface area contributed by atoms with Crippen LogP contribution in [0.1, 0.15) is 58.3 Å². The van der Waals surface area contributed by atoms with Gasteiger partial charge in [0.2, 0.25) is 0 Å². The summed E-state index contributed by atoms with van der Waals surface area (Å²) < 4.78 is 0. The van der Waals surface area contributed by atoms with Crippen LogP contribution in [0.4, 0.5) is 0 Å². The van der Waals surface area contributed by atoms with Crippen molar-refractivity contribution < 1.29 is 15.0 Å². The van der Waals surface area contributed by atoms with Crippen molar-refractivity contribution in [1.82, 2.24) is 5.32 Å². The summed E-state index contributed by atoms with van der Waals surface area (Å²) in [5, 5.41) is 23.0. The van der Waals surface area contributed by atoms with Gasteiger partial charge >= 0.3 is 5.97 Å². The Morgan fingerprint density at radius 2 is 1.84 bits per heavy atom. The van der Waals surface area contributed by atoms with E-state index in [1.807, 2.05) is 0 Å². The van der Waals surface area contributed by atoms with Crippen LogP contribution in [0.3, 0.4) is 0 Å². The molecular weight excluding hydrogens is 242 g/mol. The number of nitrogens with one attached hydrogen (secondary N) is 1. The molecule has 2 rings (SSSR count). The van der Waals surface area contributed by atoms with Crippen molar-refractivity contribution in [3.63, 3.8) is 0 Å². The van der Waals surface area contributed by atoms with Gasteiger partial charge in [0.1, 0.15) is 0 Å². The minimum atomic E-state index is -0.714. The standard InChI is InChI=1S/C15H27NO3/c1-11(12-4-2-3-5-12)16-10-15(19)8-6-13(7-9-15)14(17)18/h11-13,16,19H,2-10H2,1H3,(H,17,18). The summed E-state index contributed by atoms with van der Waals surface area (Å²) in [5.74, 6) is -0.221. The smallest absolute Gasteiger partial charge is 0.306 e. The van der Waals surface area contributed by atoms with Crippen LogP contribution in [0.15, 0.2) is 0 Å². The molecule has 4 nitrogen and oxygen atoms in total. The Morgan fingerprint density at radius 3 is 2.37 bits per heavy atom. The van der Waals surface area contributed by atoms with Crippen LogP contribution in [0.5, 0.6) is 0 Å². The Morgan fingerprint density at radius 1 is 1.26 bits per heavy atom. The first-order chi connectivity index (χ1) is 9.00. The molecule has 4 heteroatoms. The molecule has 0 aromatic carbocycles. The molecule has 0 saturated heterocycles. The molecule has 0 radical (unpaired) electrons. The third kappa shape index (κ3) is 3.93. The van der Waals surface area contributed by atoms with Gasteiger partial charge in [-0.05, 0) is 51.4 Å². The highest BCUT2D eigenvalue weighted by Crippen LogP contribution is 2.33. The van der Waals surface area contributed by atoms with E-state index in [1.54, 1.807) is 0 Å². The first kappa shape index (κ1) is 14.8. The van der Waals surface area contributed by atoms with Crippen molar-refractivity contribution in [2.24, 2.45) is 11.8 Å². The van der Waals surface area contributed by atoms with Crippen LogP contribution in [0.25, 0.3) is 0 Å². The van der Waals surface area contributed by atoms with Gasteiger partial charge in [-0.2, -0.15) is 0 Å². The molecule has 1 atom stereocenters. The normalized spacial score (nSPS) is 34.3. The topological polar surface area (TPSA) is 69.6 Å². The van der Waals surface area contributed by atoms with Crippen LogP contribution in [0, 0.1) is 11.8 Å². The molecule has 0 bridgehead atoms. The molecule has 3 N–H and O–H groups in total. The average Bonchev–Trinajstić information content (AvgIpc) is 2.90. The molecule has 0 aliphatic heterocycles. The van der Waals surface area contributed by atoms with E-state index >= 15 is 0 Å². The minimum absolute atomic E-state index is 0.257. The maximum Gasteiger partial charge on any atom is 0.306 e. The highest BCUT2D eigenvalue weighted by atomic mass is 16.4. The molecule has 2 saturated carbocycles. The molecule has 0 aromatic rings. The van der Waals surface area contributed by atoms with Crippen molar-refractivity contribution in [3.8, 4) is 0 Å². The van der Waals surface area contributed by atoms with E-state index < -0.39 is 11.6 Å². The van der Waals surface area contributed by atoms with Crippen LogP contribution in [0.2, 0.25) is 0 Å². The third-order valence-corrected chi connectivity index (χ3v) is 5.13. The second kappa shape index (κ2) is 6.23. The lowest BCUT2D eigenvalue weighted by molar-refractivity contribution is -0.144. The second-order valence-corrected chi connectivity index (χ2v) is 6.55. The van der Waals surface area contributed by atoms with Crippen molar-refractivity contribution >= 4 is 5.97 Å². The predicted octanol–water partition coefficient (Wildman–Crippen LogP) is 2.16. The number of carbonyl (C=O) groups is 1. The molecule has 1 unspecified atom stereocenters. The van der Waals surface area contributed by atoms with Crippen LogP contribution < -0.4 is 5.32 Å². The molecule has 0 spiro atoms. The second-order valence-electron chi connectivity index (χ2n) is 6.55. The third-order valence-electron chi connectivity index (χ3n) is 5.13. The van der Waals surface area contributed by atoms with E-state index in [4.69, 9.17) is 5.11 Å². The number of aliphatic hydroxyl groups is 1. The van der Waals surface area contributed by atoms with Gasteiger partial charge < -0.3 is 15.5 Å². The van der Waals surface area contributed by atoms with Crippen molar-refractivity contribution in [2.45, 2.75) is 69.9 Å². The fraction of sp³-hybridized carbons (Fsp3) is 0.933. The summed E-state index contributed by atoms with van der Waals surface area (Å²) in [4.78, 5) is 10.9. The Hall–Kier alpha value is -0.610. The molecular formula is C15H27NO3. The van der Waals surface area contributed by atoms with E-state index in [0.717, 1.165) is 5.92 Å². The SMILES string of the molecule is CC(NCC1(O)CCC(C(=O)O)CC1)C1CCCC1. The van der Waals surface area contributed by atoms with Gasteiger partial charge in [-0.1, -0.05) is 12.8 Å². The first-order valence-corrected chi connectivity index (χ1v) is 7.69. The highest BCUT2D eigenvalue weighted by molar-refractivity contribution is 5.70. The van der Waals surface area contributed by atoms with Gasteiger partial charge in [0, 0.05) is 12.6 Å². The Balaban J connectivity index is 1.74. The predicted molar refractivity (Wildman–Crippen MR) is 74.0 cm³/mol. The van der Waals surface area contributed by atoms with Gasteiger partial charge in [-0.3, -0.25) is 4.79 Å². The Kier molecular flexibility index (Phi) is 4.85. The zero-order chi connectivity index (χ0) is 13.9. The molecule has 0 amide bonds. The summed E-state index contributed by atoms with van der Waals surface area (Å²) in [6, 6.07) is 0.462. The number of hydrogen-bond donors (Lipinski definition) is 3. The minimum Gasteiger partial charge on any atom is -0.481 e. The van der Waals surface area contributed by atoms with Gasteiger partial charge in [-0.15, -0.1) is 0 Å². The first-order valence-electron chi connectivity index (χ1n) is 7.69. The molecule has 19 heavy (non-hydrogen) atoms. The summed E-state index contributed by atoms with van der Waals surface area (Å²) in [6.07, 6.45) is 7.68. The number of hydrogen-bond acceptors (Lipinski definition) is 3. The fourth-order valence-corrected chi connectivity index (χ4v) is 3.55. The Bertz CT molecular complexity index is 305. The van der Waals surface area contributed by atoms with Crippen LogP contribution >= 0.6 is 0 Å². The highest BCUT2D eigenvalue weighted by Gasteiger charge is 2.36. The zero-order valence-electron chi connectivity index (χ0n) is 11.9. The lowest BCUT2D eigenvalue weighted by Gasteiger charge is -2.36. The number of carboxylic acid groups (broad SMARTS) is 1. The molecule has 2 aliphatic rings. The molecule has 2 aliphatic carbocycles. The lowest BCUT2D eigenvalue weighted by atomic mass is 9.78. The maximum absolute atomic E-state index is 10.9. The quantitative estimate of drug-likeness (QED) is 0.715. The number of aliphatic carboxylic acids is 1. The Labute approximate surface area is 115 Å². The average molecular weight is 269 g/mol. The van der Waals surface area contributed by atoms with E-state index in [-0.39, 0.29) is 5.92 Å². The number of rotatable bonds is 5. The van der Waals surface area contributed by atoms with E-state index in [9.17, 15) is 9.90 Å². The van der Waals surface area contributed by atoms with Crippen molar-refractivity contribution in [1.29, 1.82) is 0 Å². The van der Waals surface area contributed by atoms with Crippen molar-refractivity contribution in [2.75, 3.05) is 6.54 Å². The zero-order valence-corrected chi connectivity index (χ0v) is 11.9. The molecule has 0 heterocycles. The number of carboxylic acids is 1.